The first-order chi connectivity index (χ1) is 7.95. The number of pyridine rings is 2. The van der Waals surface area contributed by atoms with E-state index in [0.29, 0.717) is 0 Å². The minimum absolute atomic E-state index is 0. The molecule has 0 saturated heterocycles. The predicted molar refractivity (Wildman–Crippen MR) is 68.7 cm³/mol. The summed E-state index contributed by atoms with van der Waals surface area (Å²) in [6, 6.07) is 12.1. The Balaban J connectivity index is 0.000000459. The molecular weight excluding hydrogens is 316 g/mol. The Labute approximate surface area is 118 Å². The fourth-order valence-electron chi connectivity index (χ4n) is 1.68. The molecule has 0 N–H and O–H groups in total. The van der Waals surface area contributed by atoms with Crippen LogP contribution in [0.2, 0.25) is 0 Å². The fraction of sp³-hybridized carbons (Fsp3) is 0. The van der Waals surface area contributed by atoms with Crippen molar-refractivity contribution in [2.75, 3.05) is 0 Å². The average Bonchev–Trinajstić information content (AvgIpc) is 2.41. The molecule has 85 valence electrons. The van der Waals surface area contributed by atoms with E-state index in [1.807, 2.05) is 12.1 Å². The molecule has 2 heterocycles. The second-order valence-corrected chi connectivity index (χ2v) is 3.22. The molecule has 3 aromatic rings. The van der Waals surface area contributed by atoms with Gasteiger partial charge in [0.2, 0.25) is 0 Å². The Bertz CT molecular complexity index is 561. The van der Waals surface area contributed by atoms with Gasteiger partial charge in [-0.05, 0) is 12.1 Å². The standard InChI is InChI=1S/C12H8N2.ClGe.ClH/c1-3-9-5-6-10-4-2-8-14-12(10)11(9)13-7-1;1-2;/h1-8H;;1H/p-1. The molecule has 2 nitrogen and oxygen atoms in total. The van der Waals surface area contributed by atoms with E-state index in [-0.39, 0.29) is 12.4 Å². The van der Waals surface area contributed by atoms with Gasteiger partial charge in [-0.3, -0.25) is 9.97 Å². The number of benzene rings is 1. The van der Waals surface area contributed by atoms with Crippen molar-refractivity contribution in [3.63, 3.8) is 0 Å². The third-order valence-electron chi connectivity index (χ3n) is 2.34. The maximum Gasteiger partial charge on any atom is 0.0964 e. The van der Waals surface area contributed by atoms with Crippen LogP contribution in [0.4, 0.5) is 0 Å². The third kappa shape index (κ3) is 2.89. The third-order valence-corrected chi connectivity index (χ3v) is 2.34. The van der Waals surface area contributed by atoms with Gasteiger partial charge in [-0.2, -0.15) is 0 Å². The monoisotopic (exact) mass is 324 g/mol. The number of hydrogen-bond donors (Lipinski definition) is 0. The van der Waals surface area contributed by atoms with Crippen LogP contribution >= 0.6 is 10.0 Å². The maximum atomic E-state index is 4.64. The molecule has 3 rings (SSSR count). The van der Waals surface area contributed by atoms with Crippen LogP contribution < -0.4 is 12.4 Å². The molecule has 0 spiro atoms. The molecule has 2 aromatic heterocycles. The van der Waals surface area contributed by atoms with E-state index in [1.54, 1.807) is 12.4 Å². The van der Waals surface area contributed by atoms with Crippen LogP contribution in [0.25, 0.3) is 21.8 Å². The number of rotatable bonds is 0. The van der Waals surface area contributed by atoms with Gasteiger partial charge in [-0.15, -0.1) is 0 Å². The van der Waals surface area contributed by atoms with E-state index in [0.717, 1.165) is 21.8 Å². The van der Waals surface area contributed by atoms with Gasteiger partial charge in [0.1, 0.15) is 0 Å². The summed E-state index contributed by atoms with van der Waals surface area (Å²) in [6.45, 7) is 0. The van der Waals surface area contributed by atoms with E-state index in [2.05, 4.69) is 44.2 Å². The summed E-state index contributed by atoms with van der Waals surface area (Å²) in [7, 11) is 4.64. The largest absolute Gasteiger partial charge is 0.254 e. The van der Waals surface area contributed by atoms with Crippen molar-refractivity contribution in [1.82, 2.24) is 9.97 Å². The summed E-state index contributed by atoms with van der Waals surface area (Å²) in [4.78, 5) is 8.69. The summed E-state index contributed by atoms with van der Waals surface area (Å²) in [5.41, 5.74) is 1.95. The molecule has 0 amide bonds. The van der Waals surface area contributed by atoms with Crippen molar-refractivity contribution in [2.45, 2.75) is 0 Å². The summed E-state index contributed by atoms with van der Waals surface area (Å²) in [6.07, 6.45) is 3.60. The molecule has 0 aliphatic heterocycles. The average molecular weight is 324 g/mol. The van der Waals surface area contributed by atoms with Crippen molar-refractivity contribution >= 4 is 47.4 Å². The number of fused-ring (bicyclic) bond motifs is 3. The topological polar surface area (TPSA) is 25.8 Å². The van der Waals surface area contributed by atoms with Crippen molar-refractivity contribution in [2.24, 2.45) is 0 Å². The first kappa shape index (κ1) is 14.2. The predicted octanol–water partition coefficient (Wildman–Crippen LogP) is 0.0957. The first-order valence-corrected chi connectivity index (χ1v) is 7.48. The first-order valence-electron chi connectivity index (χ1n) is 4.72. The van der Waals surface area contributed by atoms with Crippen molar-refractivity contribution in [3.05, 3.63) is 48.8 Å². The number of halogens is 2. The Morgan fingerprint density at radius 3 is 1.59 bits per heavy atom. The Kier molecular flexibility index (Phi) is 5.68. The Morgan fingerprint density at radius 2 is 1.18 bits per heavy atom. The van der Waals surface area contributed by atoms with E-state index < -0.39 is 0 Å². The Hall–Kier alpha value is -0.837. The van der Waals surface area contributed by atoms with Gasteiger partial charge in [0.05, 0.1) is 11.0 Å². The van der Waals surface area contributed by atoms with Crippen molar-refractivity contribution in [3.8, 4) is 0 Å². The second kappa shape index (κ2) is 6.79. The van der Waals surface area contributed by atoms with E-state index in [4.69, 9.17) is 0 Å². The minimum atomic E-state index is 0. The zero-order chi connectivity index (χ0) is 11.4. The van der Waals surface area contributed by atoms with Gasteiger partial charge >= 0.3 is 25.6 Å². The summed E-state index contributed by atoms with van der Waals surface area (Å²) in [5.74, 6) is 0. The van der Waals surface area contributed by atoms with Gasteiger partial charge in [0.25, 0.3) is 0 Å². The van der Waals surface area contributed by atoms with Crippen LogP contribution in [-0.2, 0) is 0 Å². The molecule has 0 saturated carbocycles. The van der Waals surface area contributed by atoms with Crippen LogP contribution in [0, 0.1) is 0 Å². The SMILES string of the molecule is [Cl-].[Cl][Ge].c1cnc2c(c1)ccc1cccnc12. The summed E-state index contributed by atoms with van der Waals surface area (Å²) in [5, 5.41) is 2.28. The van der Waals surface area contributed by atoms with Crippen LogP contribution in [-0.4, -0.2) is 25.6 Å². The molecule has 0 aliphatic rings. The van der Waals surface area contributed by atoms with E-state index >= 15 is 0 Å². The van der Waals surface area contributed by atoms with Crippen LogP contribution in [0.5, 0.6) is 0 Å². The maximum absolute atomic E-state index is 4.64. The number of aromatic nitrogens is 2. The fourth-order valence-corrected chi connectivity index (χ4v) is 1.68. The number of hydrogen-bond acceptors (Lipinski definition) is 2. The molecule has 3 radical (unpaired) electrons. The zero-order valence-corrected chi connectivity index (χ0v) is 12.4. The van der Waals surface area contributed by atoms with Crippen LogP contribution in [0.15, 0.2) is 48.8 Å². The van der Waals surface area contributed by atoms with Gasteiger partial charge < -0.3 is 12.4 Å². The molecule has 0 fully saturated rings. The van der Waals surface area contributed by atoms with Gasteiger partial charge in [0.15, 0.2) is 0 Å². The molecule has 0 unspecified atom stereocenters. The summed E-state index contributed by atoms with van der Waals surface area (Å²) >= 11 is 1.47. The molecule has 0 aliphatic carbocycles. The number of nitrogens with zero attached hydrogens (tertiary/aromatic N) is 2. The zero-order valence-electron chi connectivity index (χ0n) is 8.77. The normalized spacial score (nSPS) is 9.29. The molecule has 17 heavy (non-hydrogen) atoms. The van der Waals surface area contributed by atoms with Gasteiger partial charge in [0, 0.05) is 23.2 Å². The molecule has 1 aromatic carbocycles. The van der Waals surface area contributed by atoms with E-state index in [9.17, 15) is 0 Å². The quantitative estimate of drug-likeness (QED) is 0.433. The van der Waals surface area contributed by atoms with Crippen LogP contribution in [0.1, 0.15) is 0 Å². The Morgan fingerprint density at radius 1 is 0.765 bits per heavy atom. The molecule has 5 heteroatoms. The minimum Gasteiger partial charge on any atom is -0.254 e. The molecule has 0 bridgehead atoms. The summed E-state index contributed by atoms with van der Waals surface area (Å²) < 4.78 is 0. The van der Waals surface area contributed by atoms with Gasteiger partial charge in [-0.1, -0.05) is 24.3 Å². The molecular formula is C12H8Cl2GeN2-. The van der Waals surface area contributed by atoms with Crippen molar-refractivity contribution in [1.29, 1.82) is 0 Å². The smallest absolute Gasteiger partial charge is 0.0964 e. The molecule has 0 atom stereocenters. The van der Waals surface area contributed by atoms with Gasteiger partial charge in [-0.25, -0.2) is 0 Å². The second-order valence-electron chi connectivity index (χ2n) is 3.22. The van der Waals surface area contributed by atoms with Crippen LogP contribution in [0.3, 0.4) is 0 Å². The van der Waals surface area contributed by atoms with E-state index in [1.165, 1.54) is 15.6 Å². The van der Waals surface area contributed by atoms with Crippen molar-refractivity contribution < 1.29 is 12.4 Å².